The van der Waals surface area contributed by atoms with E-state index in [4.69, 9.17) is 15.1 Å². The number of hydrogen-bond donors (Lipinski definition) is 1. The molecule has 1 atom stereocenters. The average Bonchev–Trinajstić information content (AvgIpc) is 3.08. The van der Waals surface area contributed by atoms with E-state index in [0.717, 1.165) is 48.8 Å². The summed E-state index contributed by atoms with van der Waals surface area (Å²) in [5.74, 6) is 3.44. The summed E-state index contributed by atoms with van der Waals surface area (Å²) < 4.78 is 5.77. The van der Waals surface area contributed by atoms with Crippen LogP contribution in [0.25, 0.3) is 10.9 Å². The first kappa shape index (κ1) is 17.5. The summed E-state index contributed by atoms with van der Waals surface area (Å²) in [6, 6.07) is 16.6. The van der Waals surface area contributed by atoms with Gasteiger partial charge in [0.1, 0.15) is 17.3 Å². The van der Waals surface area contributed by atoms with Crippen molar-refractivity contribution in [1.29, 1.82) is 0 Å². The minimum absolute atomic E-state index is 0.384. The Morgan fingerprint density at radius 1 is 1.08 bits per heavy atom. The molecule has 1 aromatic carbocycles. The lowest BCUT2D eigenvalue weighted by atomic mass is 10.0. The molecule has 4 heteroatoms. The molecular formula is C21H27N3O. The largest absolute Gasteiger partial charge is 0.466 e. The molecule has 0 saturated heterocycles. The van der Waals surface area contributed by atoms with Gasteiger partial charge in [-0.25, -0.2) is 4.98 Å². The van der Waals surface area contributed by atoms with Crippen LogP contribution in [0.15, 0.2) is 52.9 Å². The lowest BCUT2D eigenvalue weighted by molar-refractivity contribution is 0.442. The number of furan rings is 1. The van der Waals surface area contributed by atoms with E-state index in [1.807, 2.05) is 25.1 Å². The van der Waals surface area contributed by atoms with E-state index >= 15 is 0 Å². The zero-order chi connectivity index (χ0) is 17.6. The van der Waals surface area contributed by atoms with Gasteiger partial charge in [0.15, 0.2) is 0 Å². The molecule has 0 spiro atoms. The smallest absolute Gasteiger partial charge is 0.129 e. The summed E-state index contributed by atoms with van der Waals surface area (Å²) in [5, 5.41) is 1.17. The minimum Gasteiger partial charge on any atom is -0.466 e. The van der Waals surface area contributed by atoms with Crippen molar-refractivity contribution in [2.45, 2.75) is 32.6 Å². The van der Waals surface area contributed by atoms with Crippen molar-refractivity contribution in [3.05, 3.63) is 60.1 Å². The normalized spacial score (nSPS) is 12.4. The first-order valence-corrected chi connectivity index (χ1v) is 9.04. The Kier molecular flexibility index (Phi) is 5.71. The number of fused-ring (bicyclic) bond motifs is 1. The molecule has 0 radical (unpaired) electrons. The van der Waals surface area contributed by atoms with Gasteiger partial charge < -0.3 is 15.1 Å². The van der Waals surface area contributed by atoms with Crippen LogP contribution in [0.1, 0.15) is 37.2 Å². The van der Waals surface area contributed by atoms with Gasteiger partial charge >= 0.3 is 0 Å². The number of aryl methyl sites for hydroxylation is 1. The molecule has 0 bridgehead atoms. The van der Waals surface area contributed by atoms with E-state index in [0.29, 0.717) is 12.5 Å². The maximum atomic E-state index is 5.77. The lowest BCUT2D eigenvalue weighted by Crippen LogP contribution is -2.28. The maximum absolute atomic E-state index is 5.77. The molecule has 2 aromatic heterocycles. The summed E-state index contributed by atoms with van der Waals surface area (Å²) in [5.41, 5.74) is 6.77. The molecule has 0 saturated carbocycles. The zero-order valence-corrected chi connectivity index (χ0v) is 15.1. The van der Waals surface area contributed by atoms with Gasteiger partial charge in [0.25, 0.3) is 0 Å². The van der Waals surface area contributed by atoms with Crippen LogP contribution in [0.3, 0.4) is 0 Å². The molecule has 2 N–H and O–H groups in total. The highest BCUT2D eigenvalue weighted by atomic mass is 16.3. The highest BCUT2D eigenvalue weighted by Gasteiger charge is 2.14. The van der Waals surface area contributed by atoms with E-state index in [1.165, 1.54) is 5.39 Å². The number of aromatic nitrogens is 1. The van der Waals surface area contributed by atoms with E-state index in [2.05, 4.69) is 42.2 Å². The second kappa shape index (κ2) is 8.17. The van der Waals surface area contributed by atoms with E-state index in [-0.39, 0.29) is 0 Å². The van der Waals surface area contributed by atoms with Gasteiger partial charge in [0.05, 0.1) is 5.52 Å². The topological polar surface area (TPSA) is 55.3 Å². The van der Waals surface area contributed by atoms with Gasteiger partial charge in [-0.3, -0.25) is 0 Å². The molecule has 3 rings (SSSR count). The lowest BCUT2D eigenvalue weighted by Gasteiger charge is -2.25. The van der Waals surface area contributed by atoms with Crippen molar-refractivity contribution in [3.63, 3.8) is 0 Å². The van der Waals surface area contributed by atoms with Crippen LogP contribution < -0.4 is 10.6 Å². The summed E-state index contributed by atoms with van der Waals surface area (Å²) >= 11 is 0. The Morgan fingerprint density at radius 3 is 2.68 bits per heavy atom. The fourth-order valence-electron chi connectivity index (χ4n) is 3.06. The number of benzene rings is 1. The van der Waals surface area contributed by atoms with Crippen molar-refractivity contribution in [2.24, 2.45) is 5.73 Å². The summed E-state index contributed by atoms with van der Waals surface area (Å²) in [4.78, 5) is 7.18. The number of nitrogens with zero attached hydrogens (tertiary/aromatic N) is 2. The number of pyridine rings is 1. The molecule has 0 aliphatic rings. The van der Waals surface area contributed by atoms with Crippen molar-refractivity contribution in [3.8, 4) is 0 Å². The van der Waals surface area contributed by atoms with E-state index in [9.17, 15) is 0 Å². The maximum Gasteiger partial charge on any atom is 0.129 e. The molecule has 4 nitrogen and oxygen atoms in total. The predicted octanol–water partition coefficient (Wildman–Crippen LogP) is 4.49. The average molecular weight is 337 g/mol. The molecule has 132 valence electrons. The third-order valence-corrected chi connectivity index (χ3v) is 4.62. The number of nitrogens with two attached hydrogens (primary N) is 1. The quantitative estimate of drug-likeness (QED) is 0.658. The van der Waals surface area contributed by atoms with Crippen LogP contribution in [0.5, 0.6) is 0 Å². The standard InChI is InChI=1S/C21H27N3O/c1-16(20-10-8-17(2)25-20)12-15-24(14-5-13-22)21-11-9-18-6-3-4-7-19(18)23-21/h3-4,6-11,16H,5,12-15,22H2,1-2H3. The van der Waals surface area contributed by atoms with Crippen LogP contribution in [-0.4, -0.2) is 24.6 Å². The van der Waals surface area contributed by atoms with Gasteiger partial charge in [-0.1, -0.05) is 25.1 Å². The minimum atomic E-state index is 0.384. The highest BCUT2D eigenvalue weighted by Crippen LogP contribution is 2.24. The summed E-state index contributed by atoms with van der Waals surface area (Å²) in [7, 11) is 0. The monoisotopic (exact) mass is 337 g/mol. The van der Waals surface area contributed by atoms with Crippen LogP contribution in [0.2, 0.25) is 0 Å². The Bertz CT molecular complexity index is 812. The highest BCUT2D eigenvalue weighted by molar-refractivity contribution is 5.80. The second-order valence-corrected chi connectivity index (χ2v) is 6.63. The molecule has 0 aliphatic carbocycles. The van der Waals surface area contributed by atoms with E-state index in [1.54, 1.807) is 0 Å². The van der Waals surface area contributed by atoms with Crippen LogP contribution in [-0.2, 0) is 0 Å². The van der Waals surface area contributed by atoms with Crippen LogP contribution in [0, 0.1) is 6.92 Å². The van der Waals surface area contributed by atoms with Crippen LogP contribution in [0.4, 0.5) is 5.82 Å². The summed E-state index contributed by atoms with van der Waals surface area (Å²) in [6.45, 7) is 6.75. The molecule has 1 unspecified atom stereocenters. The van der Waals surface area contributed by atoms with Crippen molar-refractivity contribution in [2.75, 3.05) is 24.5 Å². The first-order valence-electron chi connectivity index (χ1n) is 9.04. The molecule has 25 heavy (non-hydrogen) atoms. The fraction of sp³-hybridized carbons (Fsp3) is 0.381. The van der Waals surface area contributed by atoms with Gasteiger partial charge in [-0.05, 0) is 56.6 Å². The molecule has 2 heterocycles. The van der Waals surface area contributed by atoms with Gasteiger partial charge in [-0.2, -0.15) is 0 Å². The Morgan fingerprint density at radius 2 is 1.92 bits per heavy atom. The van der Waals surface area contributed by atoms with Gasteiger partial charge in [0, 0.05) is 24.4 Å². The van der Waals surface area contributed by atoms with Crippen LogP contribution >= 0.6 is 0 Å². The number of hydrogen-bond acceptors (Lipinski definition) is 4. The predicted molar refractivity (Wildman–Crippen MR) is 104 cm³/mol. The van der Waals surface area contributed by atoms with Crippen molar-refractivity contribution in [1.82, 2.24) is 4.98 Å². The Labute approximate surface area is 149 Å². The zero-order valence-electron chi connectivity index (χ0n) is 15.1. The number of anilines is 1. The number of rotatable bonds is 8. The SMILES string of the molecule is Cc1ccc(C(C)CCN(CCCN)c2ccc3ccccc3n2)o1. The van der Waals surface area contributed by atoms with Crippen molar-refractivity contribution < 1.29 is 4.42 Å². The summed E-state index contributed by atoms with van der Waals surface area (Å²) in [6.07, 6.45) is 1.98. The Hall–Kier alpha value is -2.33. The number of para-hydroxylation sites is 1. The third kappa shape index (κ3) is 4.40. The Balaban J connectivity index is 1.73. The molecule has 0 amide bonds. The first-order chi connectivity index (χ1) is 12.2. The van der Waals surface area contributed by atoms with E-state index < -0.39 is 0 Å². The fourth-order valence-corrected chi connectivity index (χ4v) is 3.06. The molecular weight excluding hydrogens is 310 g/mol. The molecule has 3 aromatic rings. The van der Waals surface area contributed by atoms with Gasteiger partial charge in [0.2, 0.25) is 0 Å². The molecule has 0 fully saturated rings. The second-order valence-electron chi connectivity index (χ2n) is 6.63. The van der Waals surface area contributed by atoms with Crippen molar-refractivity contribution >= 4 is 16.7 Å². The third-order valence-electron chi connectivity index (χ3n) is 4.62. The molecule has 0 aliphatic heterocycles. The van der Waals surface area contributed by atoms with Gasteiger partial charge in [-0.15, -0.1) is 0 Å².